The number of benzene rings is 3. The van der Waals surface area contributed by atoms with E-state index in [4.69, 9.17) is 14.2 Å². The van der Waals surface area contributed by atoms with Crippen molar-refractivity contribution in [3.05, 3.63) is 102 Å². The molecule has 5 heteroatoms. The number of unbranched alkanes of at least 4 members (excludes halogenated alkanes) is 1. The van der Waals surface area contributed by atoms with Crippen LogP contribution in [0, 0.1) is 0 Å². The number of carbonyl (C=O) groups excluding carboxylic acids is 2. The smallest absolute Gasteiger partial charge is 0.343 e. The van der Waals surface area contributed by atoms with E-state index in [0.29, 0.717) is 17.9 Å². The van der Waals surface area contributed by atoms with Gasteiger partial charge >= 0.3 is 11.9 Å². The van der Waals surface area contributed by atoms with Gasteiger partial charge in [0.1, 0.15) is 18.1 Å². The highest BCUT2D eigenvalue weighted by Gasteiger charge is 2.09. The van der Waals surface area contributed by atoms with E-state index in [2.05, 4.69) is 6.92 Å². The molecule has 0 radical (unpaired) electrons. The summed E-state index contributed by atoms with van der Waals surface area (Å²) in [5.41, 5.74) is 2.16. The molecule has 3 aromatic carbocycles. The highest BCUT2D eigenvalue weighted by Crippen LogP contribution is 2.17. The average Bonchev–Trinajstić information content (AvgIpc) is 2.83. The molecule has 0 amide bonds. The Morgan fingerprint density at radius 3 is 2.22 bits per heavy atom. The predicted molar refractivity (Wildman–Crippen MR) is 124 cm³/mol. The lowest BCUT2D eigenvalue weighted by molar-refractivity contribution is -0.138. The van der Waals surface area contributed by atoms with Gasteiger partial charge in [-0.05, 0) is 60.0 Å². The highest BCUT2D eigenvalue weighted by molar-refractivity contribution is 5.91. The molecule has 0 fully saturated rings. The molecule has 3 aromatic rings. The quantitative estimate of drug-likeness (QED) is 0.175. The Bertz CT molecular complexity index is 1020. The van der Waals surface area contributed by atoms with Gasteiger partial charge in [0, 0.05) is 6.08 Å². The van der Waals surface area contributed by atoms with E-state index >= 15 is 0 Å². The molecule has 0 saturated heterocycles. The summed E-state index contributed by atoms with van der Waals surface area (Å²) in [5.74, 6) is 0.278. The van der Waals surface area contributed by atoms with Crippen LogP contribution in [0.25, 0.3) is 6.08 Å². The van der Waals surface area contributed by atoms with Crippen molar-refractivity contribution in [2.45, 2.75) is 26.4 Å². The normalized spacial score (nSPS) is 10.7. The van der Waals surface area contributed by atoms with Crippen molar-refractivity contribution in [3.63, 3.8) is 0 Å². The second kappa shape index (κ2) is 12.1. The van der Waals surface area contributed by atoms with Crippen LogP contribution >= 0.6 is 0 Å². The maximum absolute atomic E-state index is 12.3. The number of ether oxygens (including phenoxy) is 3. The van der Waals surface area contributed by atoms with Crippen LogP contribution in [0.1, 0.15) is 41.3 Å². The lowest BCUT2D eigenvalue weighted by atomic mass is 10.2. The molecule has 0 aliphatic rings. The maximum Gasteiger partial charge on any atom is 0.343 e. The molecule has 5 nitrogen and oxygen atoms in total. The fraction of sp³-hybridized carbons (Fsp3) is 0.185. The molecule has 0 aliphatic carbocycles. The summed E-state index contributed by atoms with van der Waals surface area (Å²) in [5, 5.41) is 0. The van der Waals surface area contributed by atoms with Crippen molar-refractivity contribution in [2.75, 3.05) is 6.61 Å². The Balaban J connectivity index is 1.47. The molecule has 32 heavy (non-hydrogen) atoms. The van der Waals surface area contributed by atoms with Gasteiger partial charge in [-0.3, -0.25) is 0 Å². The molecule has 0 bridgehead atoms. The van der Waals surface area contributed by atoms with Gasteiger partial charge in [-0.2, -0.15) is 0 Å². The second-order valence-electron chi connectivity index (χ2n) is 7.11. The SMILES string of the molecule is CCCCOc1ccc(C(=O)Oc2ccc(/C=C/C(=O)OCc3ccccc3)cc2)cc1. The van der Waals surface area contributed by atoms with Gasteiger partial charge in [-0.1, -0.05) is 55.8 Å². The van der Waals surface area contributed by atoms with Crippen molar-refractivity contribution in [1.82, 2.24) is 0 Å². The van der Waals surface area contributed by atoms with E-state index in [1.807, 2.05) is 30.3 Å². The Kier molecular flexibility index (Phi) is 8.63. The van der Waals surface area contributed by atoms with Gasteiger partial charge < -0.3 is 14.2 Å². The van der Waals surface area contributed by atoms with Crippen LogP contribution in [0.3, 0.4) is 0 Å². The molecule has 164 valence electrons. The zero-order chi connectivity index (χ0) is 22.6. The van der Waals surface area contributed by atoms with Crippen LogP contribution in [0.2, 0.25) is 0 Å². The molecule has 0 aromatic heterocycles. The zero-order valence-corrected chi connectivity index (χ0v) is 18.0. The minimum Gasteiger partial charge on any atom is -0.494 e. The first-order valence-corrected chi connectivity index (χ1v) is 10.6. The minimum absolute atomic E-state index is 0.227. The van der Waals surface area contributed by atoms with Gasteiger partial charge in [0.2, 0.25) is 0 Å². The first-order valence-electron chi connectivity index (χ1n) is 10.6. The summed E-state index contributed by atoms with van der Waals surface area (Å²) >= 11 is 0. The molecule has 0 N–H and O–H groups in total. The maximum atomic E-state index is 12.3. The van der Waals surface area contributed by atoms with Gasteiger partial charge in [0.15, 0.2) is 0 Å². The monoisotopic (exact) mass is 430 g/mol. The Morgan fingerprint density at radius 1 is 0.844 bits per heavy atom. The van der Waals surface area contributed by atoms with Crippen molar-refractivity contribution >= 4 is 18.0 Å². The lowest BCUT2D eigenvalue weighted by Gasteiger charge is -2.07. The molecule has 0 heterocycles. The number of carbonyl (C=O) groups is 2. The second-order valence-corrected chi connectivity index (χ2v) is 7.11. The number of hydrogen-bond acceptors (Lipinski definition) is 5. The number of rotatable bonds is 10. The summed E-state index contributed by atoms with van der Waals surface area (Å²) in [7, 11) is 0. The summed E-state index contributed by atoms with van der Waals surface area (Å²) in [6, 6.07) is 23.2. The minimum atomic E-state index is -0.446. The molecule has 0 spiro atoms. The molecule has 3 rings (SSSR count). The highest BCUT2D eigenvalue weighted by atomic mass is 16.5. The first-order chi connectivity index (χ1) is 15.6. The standard InChI is InChI=1S/C27H26O5/c1-2-3-19-30-24-16-12-23(13-17-24)27(29)32-25-14-9-21(10-15-25)11-18-26(28)31-20-22-7-5-4-6-8-22/h4-18H,2-3,19-20H2,1H3/b18-11+. The van der Waals surface area contributed by atoms with Crippen LogP contribution in [-0.2, 0) is 16.1 Å². The van der Waals surface area contributed by atoms with Crippen LogP contribution in [0.15, 0.2) is 84.9 Å². The third-order valence-corrected chi connectivity index (χ3v) is 4.58. The molecule has 0 aliphatic heterocycles. The summed E-state index contributed by atoms with van der Waals surface area (Å²) in [6.07, 6.45) is 5.07. The first kappa shape index (κ1) is 22.8. The van der Waals surface area contributed by atoms with E-state index in [1.165, 1.54) is 6.08 Å². The van der Waals surface area contributed by atoms with E-state index < -0.39 is 11.9 Å². The third-order valence-electron chi connectivity index (χ3n) is 4.58. The zero-order valence-electron chi connectivity index (χ0n) is 18.0. The van der Waals surface area contributed by atoms with Crippen LogP contribution < -0.4 is 9.47 Å². The van der Waals surface area contributed by atoms with Crippen molar-refractivity contribution < 1.29 is 23.8 Å². The lowest BCUT2D eigenvalue weighted by Crippen LogP contribution is -2.08. The summed E-state index contributed by atoms with van der Waals surface area (Å²) < 4.78 is 16.2. The summed E-state index contributed by atoms with van der Waals surface area (Å²) in [4.78, 5) is 24.2. The molecule has 0 unspecified atom stereocenters. The van der Waals surface area contributed by atoms with Crippen LogP contribution in [0.5, 0.6) is 11.5 Å². The third kappa shape index (κ3) is 7.43. The predicted octanol–water partition coefficient (Wildman–Crippen LogP) is 5.84. The molecular formula is C27H26O5. The van der Waals surface area contributed by atoms with E-state index in [9.17, 15) is 9.59 Å². The van der Waals surface area contributed by atoms with Gasteiger partial charge in [-0.25, -0.2) is 9.59 Å². The topological polar surface area (TPSA) is 61.8 Å². The number of esters is 2. The van der Waals surface area contributed by atoms with Gasteiger partial charge in [0.25, 0.3) is 0 Å². The van der Waals surface area contributed by atoms with E-state index in [-0.39, 0.29) is 6.61 Å². The summed E-state index contributed by atoms with van der Waals surface area (Å²) in [6.45, 7) is 2.99. The Morgan fingerprint density at radius 2 is 1.53 bits per heavy atom. The Labute approximate surface area is 188 Å². The fourth-order valence-electron chi connectivity index (χ4n) is 2.78. The van der Waals surface area contributed by atoms with Gasteiger partial charge in [-0.15, -0.1) is 0 Å². The molecular weight excluding hydrogens is 404 g/mol. The van der Waals surface area contributed by atoms with Crippen LogP contribution in [-0.4, -0.2) is 18.5 Å². The largest absolute Gasteiger partial charge is 0.494 e. The van der Waals surface area contributed by atoms with Crippen molar-refractivity contribution in [3.8, 4) is 11.5 Å². The van der Waals surface area contributed by atoms with Crippen molar-refractivity contribution in [1.29, 1.82) is 0 Å². The van der Waals surface area contributed by atoms with E-state index in [1.54, 1.807) is 54.6 Å². The van der Waals surface area contributed by atoms with Gasteiger partial charge in [0.05, 0.1) is 12.2 Å². The average molecular weight is 431 g/mol. The molecule has 0 saturated carbocycles. The Hall–Kier alpha value is -3.86. The molecule has 0 atom stereocenters. The van der Waals surface area contributed by atoms with Crippen LogP contribution in [0.4, 0.5) is 0 Å². The number of hydrogen-bond donors (Lipinski definition) is 0. The van der Waals surface area contributed by atoms with E-state index in [0.717, 1.165) is 29.7 Å². The fourth-order valence-corrected chi connectivity index (χ4v) is 2.78. The van der Waals surface area contributed by atoms with Crippen molar-refractivity contribution in [2.24, 2.45) is 0 Å².